The minimum atomic E-state index is -1.53. The number of nitrogens with zero attached hydrogens (tertiary/aromatic N) is 6. The lowest BCUT2D eigenvalue weighted by Crippen LogP contribution is -2.53. The fourth-order valence-electron chi connectivity index (χ4n) is 7.21. The second-order valence-corrected chi connectivity index (χ2v) is 12.9. The first-order valence-corrected chi connectivity index (χ1v) is 16.9. The van der Waals surface area contributed by atoms with E-state index in [1.807, 2.05) is 6.07 Å². The van der Waals surface area contributed by atoms with E-state index in [0.29, 0.717) is 35.4 Å². The molecule has 1 atom stereocenters. The number of hydrogen-bond acceptors (Lipinski definition) is 10. The van der Waals surface area contributed by atoms with Crippen molar-refractivity contribution >= 4 is 34.6 Å². The van der Waals surface area contributed by atoms with Gasteiger partial charge in [-0.1, -0.05) is 12.6 Å². The van der Waals surface area contributed by atoms with Crippen molar-refractivity contribution in [3.8, 4) is 5.75 Å². The van der Waals surface area contributed by atoms with Crippen LogP contribution in [0.1, 0.15) is 43.7 Å². The Hall–Kier alpha value is -4.40. The lowest BCUT2D eigenvalue weighted by molar-refractivity contribution is -0.111. The highest BCUT2D eigenvalue weighted by Gasteiger charge is 2.35. The van der Waals surface area contributed by atoms with Crippen molar-refractivity contribution in [2.24, 2.45) is 0 Å². The third kappa shape index (κ3) is 7.03. The first kappa shape index (κ1) is 33.1. The van der Waals surface area contributed by atoms with E-state index in [2.05, 4.69) is 41.9 Å². The molecule has 1 amide bonds. The minimum absolute atomic E-state index is 0.0374. The van der Waals surface area contributed by atoms with Crippen molar-refractivity contribution in [2.45, 2.75) is 50.2 Å². The number of hydroxylamine groups is 1. The van der Waals surface area contributed by atoms with Gasteiger partial charge in [-0.25, -0.2) is 28.2 Å². The number of ether oxygens (including phenoxy) is 1. The number of rotatable bonds is 10. The normalized spacial score (nSPS) is 20.8. The van der Waals surface area contributed by atoms with Crippen molar-refractivity contribution < 1.29 is 27.5 Å². The molecule has 4 aliphatic rings. The topological polar surface area (TPSA) is 98.3 Å². The molecule has 260 valence electrons. The number of carbonyl (C=O) groups excluding carboxylic acids is 1. The molecule has 4 heterocycles. The summed E-state index contributed by atoms with van der Waals surface area (Å²) in [6.45, 7) is 10.1. The fraction of sp³-hybridized carbons (Fsp3) is 0.457. The van der Waals surface area contributed by atoms with Gasteiger partial charge < -0.3 is 20.3 Å². The average molecular weight is 679 g/mol. The van der Waals surface area contributed by atoms with Crippen LogP contribution in [0, 0.1) is 17.5 Å². The van der Waals surface area contributed by atoms with Crippen LogP contribution in [0.15, 0.2) is 49.3 Å². The fourth-order valence-corrected chi connectivity index (χ4v) is 7.21. The summed E-state index contributed by atoms with van der Waals surface area (Å²) in [5.41, 5.74) is 1.93. The number of piperazine rings is 1. The molecule has 0 bridgehead atoms. The van der Waals surface area contributed by atoms with Gasteiger partial charge in [0.2, 0.25) is 5.91 Å². The number of halogens is 3. The van der Waals surface area contributed by atoms with E-state index in [9.17, 15) is 18.0 Å². The SMILES string of the molecule is C=CC(=O)Nc1cc(Nc2cc(N3OCC[C@@H]3c3ccc(F)c(F)c3F)ncn2)c(OC)cc1N1CCC(N2CCN(C3CC3)CC2)CC1. The third-order valence-corrected chi connectivity index (χ3v) is 9.96. The van der Waals surface area contributed by atoms with Crippen LogP contribution in [0.25, 0.3) is 0 Å². The summed E-state index contributed by atoms with van der Waals surface area (Å²) in [5.74, 6) is -3.21. The van der Waals surface area contributed by atoms with E-state index >= 15 is 0 Å². The maximum atomic E-state index is 14.7. The highest BCUT2D eigenvalue weighted by Crippen LogP contribution is 2.41. The van der Waals surface area contributed by atoms with Gasteiger partial charge in [-0.3, -0.25) is 19.4 Å². The lowest BCUT2D eigenvalue weighted by atomic mass is 10.0. The smallest absolute Gasteiger partial charge is 0.247 e. The van der Waals surface area contributed by atoms with Gasteiger partial charge in [0.25, 0.3) is 0 Å². The molecule has 11 nitrogen and oxygen atoms in total. The van der Waals surface area contributed by atoms with Gasteiger partial charge in [0.05, 0.1) is 36.8 Å². The van der Waals surface area contributed by atoms with Crippen molar-refractivity contribution in [3.05, 3.63) is 72.3 Å². The summed E-state index contributed by atoms with van der Waals surface area (Å²) in [6.07, 6.45) is 7.63. The Balaban J connectivity index is 1.09. The van der Waals surface area contributed by atoms with Gasteiger partial charge >= 0.3 is 0 Å². The number of amides is 1. The summed E-state index contributed by atoms with van der Waals surface area (Å²) in [7, 11) is 1.57. The Bertz CT molecular complexity index is 1690. The number of nitrogens with one attached hydrogen (secondary N) is 2. The van der Waals surface area contributed by atoms with Crippen molar-refractivity contribution in [1.29, 1.82) is 0 Å². The predicted molar refractivity (Wildman–Crippen MR) is 181 cm³/mol. The number of piperidine rings is 1. The minimum Gasteiger partial charge on any atom is -0.494 e. The largest absolute Gasteiger partial charge is 0.494 e. The van der Waals surface area contributed by atoms with Gasteiger partial charge in [-0.15, -0.1) is 0 Å². The predicted octanol–water partition coefficient (Wildman–Crippen LogP) is 5.40. The first-order valence-electron chi connectivity index (χ1n) is 16.9. The number of methoxy groups -OCH3 is 1. The van der Waals surface area contributed by atoms with Crippen molar-refractivity contribution in [1.82, 2.24) is 19.8 Å². The molecule has 3 aliphatic heterocycles. The van der Waals surface area contributed by atoms with Crippen LogP contribution in [0.4, 0.5) is 41.9 Å². The molecule has 3 aromatic rings. The maximum absolute atomic E-state index is 14.7. The molecule has 14 heteroatoms. The number of aromatic nitrogens is 2. The zero-order chi connectivity index (χ0) is 34.1. The van der Waals surface area contributed by atoms with Crippen LogP contribution in [-0.2, 0) is 9.63 Å². The Morgan fingerprint density at radius 1 is 0.918 bits per heavy atom. The van der Waals surface area contributed by atoms with Crippen LogP contribution in [0.3, 0.4) is 0 Å². The highest BCUT2D eigenvalue weighted by molar-refractivity contribution is 6.02. The van der Waals surface area contributed by atoms with Crippen molar-refractivity contribution in [3.63, 3.8) is 0 Å². The zero-order valence-electron chi connectivity index (χ0n) is 27.5. The zero-order valence-corrected chi connectivity index (χ0v) is 27.5. The molecule has 0 spiro atoms. The summed E-state index contributed by atoms with van der Waals surface area (Å²) in [5, 5.41) is 7.58. The Kier molecular flexibility index (Phi) is 9.61. The molecule has 1 saturated carbocycles. The van der Waals surface area contributed by atoms with Crippen LogP contribution in [0.2, 0.25) is 0 Å². The van der Waals surface area contributed by atoms with E-state index in [1.165, 1.54) is 36.4 Å². The maximum Gasteiger partial charge on any atom is 0.247 e. The van der Waals surface area contributed by atoms with E-state index in [4.69, 9.17) is 9.57 Å². The molecule has 3 saturated heterocycles. The van der Waals surface area contributed by atoms with Gasteiger partial charge in [-0.2, -0.15) is 0 Å². The van der Waals surface area contributed by atoms with E-state index in [0.717, 1.165) is 69.9 Å². The number of anilines is 5. The van der Waals surface area contributed by atoms with E-state index in [-0.39, 0.29) is 23.9 Å². The molecule has 2 N–H and O–H groups in total. The standard InChI is InChI=1S/C35H41F3N8O3/c1-3-33(47)42-26-18-27(30(48-2)19-29(26)45-11-8-23(9-12-45)44-15-13-43(14-16-44)22-4-5-22)41-31-20-32(40-21-39-31)46-28(10-17-49-46)24-6-7-25(36)35(38)34(24)37/h3,6-7,18-23,28H,1,4-5,8-17H2,2H3,(H,42,47)(H,39,40,41)/t28-/m1/s1. The summed E-state index contributed by atoms with van der Waals surface area (Å²) in [6, 6.07) is 8.03. The molecular formula is C35H41F3N8O3. The van der Waals surface area contributed by atoms with Crippen molar-refractivity contribution in [2.75, 3.05) is 73.6 Å². The first-order chi connectivity index (χ1) is 23.8. The number of benzene rings is 2. The molecule has 49 heavy (non-hydrogen) atoms. The van der Waals surface area contributed by atoms with Crippen LogP contribution < -0.4 is 25.3 Å². The second-order valence-electron chi connectivity index (χ2n) is 12.9. The van der Waals surface area contributed by atoms with Gasteiger partial charge in [0.15, 0.2) is 23.3 Å². The quantitative estimate of drug-likeness (QED) is 0.214. The lowest BCUT2D eigenvalue weighted by Gasteiger charge is -2.43. The summed E-state index contributed by atoms with van der Waals surface area (Å²) in [4.78, 5) is 34.5. The summed E-state index contributed by atoms with van der Waals surface area (Å²) < 4.78 is 48.2. The molecule has 0 radical (unpaired) electrons. The Labute approximate surface area is 283 Å². The van der Waals surface area contributed by atoms with Gasteiger partial charge in [0, 0.05) is 75.5 Å². The number of carbonyl (C=O) groups is 1. The second kappa shape index (κ2) is 14.2. The Morgan fingerprint density at radius 3 is 2.31 bits per heavy atom. The Morgan fingerprint density at radius 2 is 1.63 bits per heavy atom. The molecule has 1 aromatic heterocycles. The highest BCUT2D eigenvalue weighted by atomic mass is 19.2. The monoisotopic (exact) mass is 678 g/mol. The molecule has 2 aromatic carbocycles. The molecule has 0 unspecified atom stereocenters. The van der Waals surface area contributed by atoms with E-state index in [1.54, 1.807) is 19.2 Å². The van der Waals surface area contributed by atoms with Crippen LogP contribution in [0.5, 0.6) is 5.75 Å². The number of hydrogen-bond donors (Lipinski definition) is 2. The molecule has 1 aliphatic carbocycles. The van der Waals surface area contributed by atoms with Gasteiger partial charge in [0.1, 0.15) is 17.9 Å². The molecule has 7 rings (SSSR count). The third-order valence-electron chi connectivity index (χ3n) is 9.96. The van der Waals surface area contributed by atoms with E-state index < -0.39 is 23.5 Å². The summed E-state index contributed by atoms with van der Waals surface area (Å²) >= 11 is 0. The van der Waals surface area contributed by atoms with Gasteiger partial charge in [-0.05, 0) is 43.9 Å². The molecule has 4 fully saturated rings. The molecular weight excluding hydrogens is 637 g/mol. The average Bonchev–Trinajstić information content (AvgIpc) is 3.87. The van der Waals surface area contributed by atoms with Crippen LogP contribution in [-0.4, -0.2) is 90.7 Å². The van der Waals surface area contributed by atoms with Crippen LogP contribution >= 0.6 is 0 Å².